The molecule has 1 unspecified atom stereocenters. The quantitative estimate of drug-likeness (QED) is 0.633. The Bertz CT molecular complexity index is 239. The van der Waals surface area contributed by atoms with Crippen molar-refractivity contribution in [3.63, 3.8) is 0 Å². The third kappa shape index (κ3) is 1.72. The maximum Gasteiger partial charge on any atom is 0.194 e. The van der Waals surface area contributed by atoms with Gasteiger partial charge in [0.1, 0.15) is 0 Å². The van der Waals surface area contributed by atoms with E-state index in [4.69, 9.17) is 0 Å². The lowest BCUT2D eigenvalue weighted by Gasteiger charge is -2.46. The first-order valence-corrected chi connectivity index (χ1v) is 5.64. The summed E-state index contributed by atoms with van der Waals surface area (Å²) in [6.07, 6.45) is 2.44. The van der Waals surface area contributed by atoms with Crippen LogP contribution in [0, 0.1) is 5.41 Å². The highest BCUT2D eigenvalue weighted by Crippen LogP contribution is 2.29. The number of rotatable bonds is 0. The van der Waals surface area contributed by atoms with Gasteiger partial charge in [0.05, 0.1) is 0 Å². The fourth-order valence-electron chi connectivity index (χ4n) is 2.46. The van der Waals surface area contributed by atoms with Crippen LogP contribution in [0.3, 0.4) is 0 Å². The van der Waals surface area contributed by atoms with E-state index in [2.05, 4.69) is 36.0 Å². The molecule has 0 saturated carbocycles. The van der Waals surface area contributed by atoms with Crippen LogP contribution in [0.5, 0.6) is 0 Å². The second kappa shape index (κ2) is 3.44. The van der Waals surface area contributed by atoms with Gasteiger partial charge in [0.2, 0.25) is 0 Å². The molecule has 2 rings (SSSR count). The molecule has 3 nitrogen and oxygen atoms in total. The molecular formula is C11H21N3. The van der Waals surface area contributed by atoms with Crippen LogP contribution in [0.25, 0.3) is 0 Å². The van der Waals surface area contributed by atoms with Gasteiger partial charge in [0.15, 0.2) is 5.96 Å². The Kier molecular flexibility index (Phi) is 2.41. The number of nitrogens with one attached hydrogen (secondary N) is 1. The first kappa shape index (κ1) is 9.81. The Morgan fingerprint density at radius 1 is 1.43 bits per heavy atom. The molecule has 0 spiro atoms. The third-order valence-corrected chi connectivity index (χ3v) is 3.17. The lowest BCUT2D eigenvalue weighted by molar-refractivity contribution is 0.133. The van der Waals surface area contributed by atoms with Crippen molar-refractivity contribution >= 4 is 5.96 Å². The van der Waals surface area contributed by atoms with Crippen LogP contribution in [0.2, 0.25) is 0 Å². The minimum atomic E-state index is 0.361. The molecule has 1 atom stereocenters. The van der Waals surface area contributed by atoms with Gasteiger partial charge >= 0.3 is 0 Å². The van der Waals surface area contributed by atoms with Crippen LogP contribution in [0.1, 0.15) is 33.6 Å². The number of nitrogens with zero attached hydrogens (tertiary/aromatic N) is 2. The molecule has 80 valence electrons. The van der Waals surface area contributed by atoms with Crippen molar-refractivity contribution in [1.29, 1.82) is 0 Å². The number of aliphatic imine (C=N–C) groups is 1. The Morgan fingerprint density at radius 3 is 2.93 bits per heavy atom. The Hall–Kier alpha value is -0.730. The van der Waals surface area contributed by atoms with Crippen molar-refractivity contribution in [2.24, 2.45) is 10.4 Å². The number of hydrogen-bond acceptors (Lipinski definition) is 3. The molecule has 2 aliphatic heterocycles. The molecule has 0 aromatic carbocycles. The van der Waals surface area contributed by atoms with Gasteiger partial charge in [0.25, 0.3) is 0 Å². The Labute approximate surface area is 86.6 Å². The molecule has 0 bridgehead atoms. The Balaban J connectivity index is 2.18. The lowest BCUT2D eigenvalue weighted by Crippen LogP contribution is -2.59. The van der Waals surface area contributed by atoms with E-state index in [-0.39, 0.29) is 0 Å². The topological polar surface area (TPSA) is 27.6 Å². The van der Waals surface area contributed by atoms with Crippen molar-refractivity contribution in [3.05, 3.63) is 0 Å². The number of guanidine groups is 1. The van der Waals surface area contributed by atoms with Crippen LogP contribution in [-0.4, -0.2) is 36.5 Å². The minimum Gasteiger partial charge on any atom is -0.356 e. The van der Waals surface area contributed by atoms with E-state index < -0.39 is 0 Å². The van der Waals surface area contributed by atoms with Crippen molar-refractivity contribution in [2.75, 3.05) is 19.6 Å². The van der Waals surface area contributed by atoms with Crippen molar-refractivity contribution in [3.8, 4) is 0 Å². The maximum atomic E-state index is 4.55. The van der Waals surface area contributed by atoms with Gasteiger partial charge in [-0.25, -0.2) is 0 Å². The molecule has 1 N–H and O–H groups in total. The van der Waals surface area contributed by atoms with Crippen molar-refractivity contribution in [1.82, 2.24) is 10.2 Å². The molecule has 0 aromatic rings. The maximum absolute atomic E-state index is 4.55. The van der Waals surface area contributed by atoms with Crippen LogP contribution < -0.4 is 5.32 Å². The molecular weight excluding hydrogens is 174 g/mol. The SMILES string of the molecule is CC(C)(C)C1CCNC2=NCCCN21. The highest BCUT2D eigenvalue weighted by molar-refractivity contribution is 5.81. The average molecular weight is 195 g/mol. The molecule has 3 heteroatoms. The van der Waals surface area contributed by atoms with E-state index in [1.807, 2.05) is 0 Å². The summed E-state index contributed by atoms with van der Waals surface area (Å²) in [7, 11) is 0. The predicted octanol–water partition coefficient (Wildman–Crippen LogP) is 1.46. The summed E-state index contributed by atoms with van der Waals surface area (Å²) in [5, 5.41) is 3.40. The molecule has 1 fully saturated rings. The molecule has 14 heavy (non-hydrogen) atoms. The van der Waals surface area contributed by atoms with Gasteiger partial charge in [-0.2, -0.15) is 0 Å². The summed E-state index contributed by atoms with van der Waals surface area (Å²) in [5.74, 6) is 1.14. The van der Waals surface area contributed by atoms with Crippen LogP contribution in [-0.2, 0) is 0 Å². The molecule has 0 aliphatic carbocycles. The summed E-state index contributed by atoms with van der Waals surface area (Å²) >= 11 is 0. The van der Waals surface area contributed by atoms with Gasteiger partial charge in [-0.05, 0) is 18.3 Å². The van der Waals surface area contributed by atoms with Gasteiger partial charge in [-0.15, -0.1) is 0 Å². The second-order valence-electron chi connectivity index (χ2n) is 5.35. The molecule has 2 heterocycles. The van der Waals surface area contributed by atoms with Crippen LogP contribution in [0.4, 0.5) is 0 Å². The smallest absolute Gasteiger partial charge is 0.194 e. The van der Waals surface area contributed by atoms with Gasteiger partial charge in [0, 0.05) is 25.7 Å². The standard InChI is InChI=1S/C11H21N3/c1-11(2,3)9-5-7-13-10-12-6-4-8-14(9)10/h9H,4-8H2,1-3H3,(H,12,13). The first-order valence-electron chi connectivity index (χ1n) is 5.64. The van der Waals surface area contributed by atoms with Gasteiger partial charge in [-0.1, -0.05) is 20.8 Å². The lowest BCUT2D eigenvalue weighted by atomic mass is 9.82. The van der Waals surface area contributed by atoms with Crippen LogP contribution >= 0.6 is 0 Å². The molecule has 0 amide bonds. The second-order valence-corrected chi connectivity index (χ2v) is 5.35. The predicted molar refractivity (Wildman–Crippen MR) is 59.5 cm³/mol. The zero-order valence-electron chi connectivity index (χ0n) is 9.51. The number of fused-ring (bicyclic) bond motifs is 1. The Morgan fingerprint density at radius 2 is 2.21 bits per heavy atom. The molecule has 1 saturated heterocycles. The molecule has 0 aromatic heterocycles. The zero-order chi connectivity index (χ0) is 10.2. The van der Waals surface area contributed by atoms with Crippen molar-refractivity contribution < 1.29 is 0 Å². The zero-order valence-corrected chi connectivity index (χ0v) is 9.51. The highest BCUT2D eigenvalue weighted by Gasteiger charge is 2.35. The monoisotopic (exact) mass is 195 g/mol. The third-order valence-electron chi connectivity index (χ3n) is 3.17. The van der Waals surface area contributed by atoms with E-state index >= 15 is 0 Å². The van der Waals surface area contributed by atoms with E-state index in [0.29, 0.717) is 11.5 Å². The van der Waals surface area contributed by atoms with E-state index in [1.165, 1.54) is 19.4 Å². The minimum absolute atomic E-state index is 0.361. The summed E-state index contributed by atoms with van der Waals surface area (Å²) in [5.41, 5.74) is 0.361. The van der Waals surface area contributed by atoms with E-state index in [9.17, 15) is 0 Å². The fourth-order valence-corrected chi connectivity index (χ4v) is 2.46. The largest absolute Gasteiger partial charge is 0.356 e. The summed E-state index contributed by atoms with van der Waals surface area (Å²) in [6.45, 7) is 10.2. The summed E-state index contributed by atoms with van der Waals surface area (Å²) < 4.78 is 0. The number of hydrogen-bond donors (Lipinski definition) is 1. The van der Waals surface area contributed by atoms with Gasteiger partial charge < -0.3 is 10.2 Å². The van der Waals surface area contributed by atoms with Gasteiger partial charge in [-0.3, -0.25) is 4.99 Å². The molecule has 2 aliphatic rings. The molecule has 0 radical (unpaired) electrons. The average Bonchev–Trinajstić information content (AvgIpc) is 2.15. The van der Waals surface area contributed by atoms with E-state index in [1.54, 1.807) is 0 Å². The van der Waals surface area contributed by atoms with E-state index in [0.717, 1.165) is 19.0 Å². The van der Waals surface area contributed by atoms with Crippen LogP contribution in [0.15, 0.2) is 4.99 Å². The van der Waals surface area contributed by atoms with Crippen molar-refractivity contribution in [2.45, 2.75) is 39.7 Å². The fraction of sp³-hybridized carbons (Fsp3) is 0.909. The summed E-state index contributed by atoms with van der Waals surface area (Å²) in [4.78, 5) is 7.01. The highest BCUT2D eigenvalue weighted by atomic mass is 15.3. The summed E-state index contributed by atoms with van der Waals surface area (Å²) in [6, 6.07) is 0.655. The normalized spacial score (nSPS) is 27.8. The first-order chi connectivity index (χ1) is 6.59.